The summed E-state index contributed by atoms with van der Waals surface area (Å²) in [4.78, 5) is 0. The summed E-state index contributed by atoms with van der Waals surface area (Å²) in [5.74, 6) is 0. The first kappa shape index (κ1) is 24.1. The van der Waals surface area contributed by atoms with Crippen LogP contribution in [0.5, 0.6) is 0 Å². The van der Waals surface area contributed by atoms with E-state index >= 15 is 0 Å². The van der Waals surface area contributed by atoms with Crippen molar-refractivity contribution >= 4 is 63.7 Å². The van der Waals surface area contributed by atoms with Crippen LogP contribution in [-0.2, 0) is 0 Å². The molecule has 1 aliphatic rings. The number of nitrogens with zero attached hydrogens (tertiary/aromatic N) is 6. The Balaban J connectivity index is 1.87. The highest BCUT2D eigenvalue weighted by atomic mass is 79.9. The number of hydrogen-bond acceptors (Lipinski definition) is 4. The minimum Gasteiger partial charge on any atom is -0.210 e. The fourth-order valence-corrected chi connectivity index (χ4v) is 7.57. The van der Waals surface area contributed by atoms with E-state index in [-0.39, 0.29) is 0 Å². The molecule has 2 heterocycles. The van der Waals surface area contributed by atoms with Crippen LogP contribution in [0.3, 0.4) is 0 Å². The van der Waals surface area contributed by atoms with E-state index in [0.29, 0.717) is 0 Å². The predicted octanol–water partition coefficient (Wildman–Crippen LogP) is 7.36. The Hall–Kier alpha value is -2.92. The van der Waals surface area contributed by atoms with Gasteiger partial charge in [0.15, 0.2) is 0 Å². The fraction of sp³-hybridized carbons (Fsp3) is 0. The molecule has 2 aromatic heterocycles. The summed E-state index contributed by atoms with van der Waals surface area (Å²) in [5.41, 5.74) is 1.74. The highest BCUT2D eigenvalue weighted by Crippen LogP contribution is 2.30. The Labute approximate surface area is 248 Å². The maximum atomic E-state index is 4.75. The molecule has 0 aliphatic heterocycles. The van der Waals surface area contributed by atoms with Crippen molar-refractivity contribution < 1.29 is 0 Å². The van der Waals surface area contributed by atoms with Crippen LogP contribution < -0.4 is 0 Å². The predicted molar refractivity (Wildman–Crippen MR) is 157 cm³/mol. The minimum atomic E-state index is 0.778. The first-order valence-corrected chi connectivity index (χ1v) is 14.7. The summed E-state index contributed by atoms with van der Waals surface area (Å²) in [7, 11) is 0. The Bertz CT molecular complexity index is 2110. The molecular weight excluding hydrogens is 740 g/mol. The molecule has 184 valence electrons. The molecule has 6 nitrogen and oxygen atoms in total. The van der Waals surface area contributed by atoms with Gasteiger partial charge >= 0.3 is 0 Å². The van der Waals surface area contributed by atoms with Crippen LogP contribution in [0.2, 0.25) is 0 Å². The van der Waals surface area contributed by atoms with Gasteiger partial charge in [-0.05, 0) is 88.0 Å². The monoisotopic (exact) mass is 750 g/mol. The van der Waals surface area contributed by atoms with Gasteiger partial charge in [0.25, 0.3) is 0 Å². The molecule has 6 aromatic rings. The molecule has 38 heavy (non-hydrogen) atoms. The van der Waals surface area contributed by atoms with Crippen molar-refractivity contribution in [3.63, 3.8) is 0 Å². The van der Waals surface area contributed by atoms with Crippen LogP contribution in [0, 0.1) is 42.3 Å². The molecule has 0 unspecified atom stereocenters. The van der Waals surface area contributed by atoms with Gasteiger partial charge in [0.05, 0.1) is 11.4 Å². The summed E-state index contributed by atoms with van der Waals surface area (Å²) in [6.45, 7) is 0. The van der Waals surface area contributed by atoms with E-state index in [1.165, 1.54) is 0 Å². The SMILES string of the molecule is Brc1cccc(Br)c1-n1nnc2c1=c1ccccc1=c1nnn(-c3c(Br)cccc3Br)c1=c1ccccc1=2. The van der Waals surface area contributed by atoms with Crippen molar-refractivity contribution in [1.29, 1.82) is 0 Å². The molecule has 0 bridgehead atoms. The maximum absolute atomic E-state index is 4.75. The van der Waals surface area contributed by atoms with Gasteiger partial charge in [-0.25, -0.2) is 9.36 Å². The molecule has 0 saturated heterocycles. The summed E-state index contributed by atoms with van der Waals surface area (Å²) in [5, 5.41) is 26.0. The van der Waals surface area contributed by atoms with Crippen LogP contribution in [-0.4, -0.2) is 30.0 Å². The van der Waals surface area contributed by atoms with E-state index < -0.39 is 0 Å². The molecular formula is C28H14Br4N6. The number of rotatable bonds is 2. The molecule has 0 atom stereocenters. The largest absolute Gasteiger partial charge is 0.210 e. The standard InChI is InChI=1S/C28H14Br4N6/c29-19-11-5-12-20(30)27(19)37-25-17-9-3-1-7-15(17)23-26(18-10-4-2-8-16(18)24(25)34-36-37)38(35-33-23)28-21(31)13-6-14-22(28)32/h1-14H. The Morgan fingerprint density at radius 2 is 0.763 bits per heavy atom. The van der Waals surface area contributed by atoms with Crippen molar-refractivity contribution in [2.24, 2.45) is 0 Å². The highest BCUT2D eigenvalue weighted by molar-refractivity contribution is 9.11. The van der Waals surface area contributed by atoms with Crippen molar-refractivity contribution in [2.45, 2.75) is 0 Å². The third-order valence-electron chi connectivity index (χ3n) is 6.51. The second-order valence-corrected chi connectivity index (χ2v) is 12.0. The van der Waals surface area contributed by atoms with Crippen molar-refractivity contribution in [3.8, 4) is 11.4 Å². The fourth-order valence-electron chi connectivity index (χ4n) is 4.90. The summed E-state index contributed by atoms with van der Waals surface area (Å²) in [6, 6.07) is 28.4. The Morgan fingerprint density at radius 3 is 1.13 bits per heavy atom. The first-order chi connectivity index (χ1) is 18.5. The van der Waals surface area contributed by atoms with Crippen molar-refractivity contribution in [1.82, 2.24) is 30.0 Å². The quantitative estimate of drug-likeness (QED) is 0.185. The highest BCUT2D eigenvalue weighted by Gasteiger charge is 2.16. The second kappa shape index (κ2) is 9.37. The van der Waals surface area contributed by atoms with Gasteiger partial charge in [0, 0.05) is 38.8 Å². The third kappa shape index (κ3) is 3.61. The lowest BCUT2D eigenvalue weighted by Crippen LogP contribution is -2.02. The van der Waals surface area contributed by atoms with Crippen LogP contribution >= 0.6 is 63.7 Å². The van der Waals surface area contributed by atoms with Crippen LogP contribution in [0.15, 0.2) is 103 Å². The van der Waals surface area contributed by atoms with Crippen LogP contribution in [0.4, 0.5) is 0 Å². The van der Waals surface area contributed by atoms with E-state index in [9.17, 15) is 0 Å². The molecule has 4 aromatic carbocycles. The van der Waals surface area contributed by atoms with E-state index in [4.69, 9.17) is 10.2 Å². The molecule has 0 saturated carbocycles. The Morgan fingerprint density at radius 1 is 0.421 bits per heavy atom. The van der Waals surface area contributed by atoms with Gasteiger partial charge in [0.1, 0.15) is 21.4 Å². The minimum absolute atomic E-state index is 0.778. The zero-order valence-corrected chi connectivity index (χ0v) is 25.6. The van der Waals surface area contributed by atoms with Gasteiger partial charge in [-0.15, -0.1) is 10.2 Å². The van der Waals surface area contributed by atoms with Gasteiger partial charge in [-0.1, -0.05) is 71.1 Å². The smallest absolute Gasteiger partial charge is 0.122 e. The van der Waals surface area contributed by atoms with E-state index in [2.05, 4.69) is 98.4 Å². The number of halogens is 4. The number of para-hydroxylation sites is 2. The number of fused-ring (bicyclic) bond motifs is 4. The zero-order valence-electron chi connectivity index (χ0n) is 19.3. The summed E-state index contributed by atoms with van der Waals surface area (Å²) < 4.78 is 7.38. The summed E-state index contributed by atoms with van der Waals surface area (Å²) >= 11 is 14.9. The molecule has 0 amide bonds. The van der Waals surface area contributed by atoms with Crippen molar-refractivity contribution in [2.75, 3.05) is 0 Å². The van der Waals surface area contributed by atoms with Gasteiger partial charge in [-0.2, -0.15) is 0 Å². The van der Waals surface area contributed by atoms with Crippen molar-refractivity contribution in [3.05, 3.63) is 145 Å². The van der Waals surface area contributed by atoms with Crippen LogP contribution in [0.1, 0.15) is 0 Å². The average molecular weight is 754 g/mol. The number of aromatic nitrogens is 6. The molecule has 7 rings (SSSR count). The lowest BCUT2D eigenvalue weighted by Gasteiger charge is -2.08. The first-order valence-electron chi connectivity index (χ1n) is 11.5. The third-order valence-corrected chi connectivity index (χ3v) is 9.07. The number of benzene rings is 4. The second-order valence-electron chi connectivity index (χ2n) is 8.63. The van der Waals surface area contributed by atoms with Crippen LogP contribution in [0.25, 0.3) is 11.4 Å². The van der Waals surface area contributed by atoms with E-state index in [1.54, 1.807) is 0 Å². The molecule has 10 heteroatoms. The normalized spacial score (nSPS) is 11.7. The van der Waals surface area contributed by atoms with Gasteiger partial charge in [-0.3, -0.25) is 0 Å². The van der Waals surface area contributed by atoms with Gasteiger partial charge < -0.3 is 0 Å². The van der Waals surface area contributed by atoms with E-state index in [0.717, 1.165) is 71.5 Å². The molecule has 0 N–H and O–H groups in total. The van der Waals surface area contributed by atoms with E-state index in [1.807, 2.05) is 70.0 Å². The molecule has 1 aliphatic carbocycles. The average Bonchev–Trinajstić information content (AvgIpc) is 3.52. The Kier molecular flexibility index (Phi) is 5.95. The molecule has 0 radical (unpaired) electrons. The maximum Gasteiger partial charge on any atom is 0.122 e. The lowest BCUT2D eigenvalue weighted by molar-refractivity contribution is 0.779. The van der Waals surface area contributed by atoms with Gasteiger partial charge in [0.2, 0.25) is 0 Å². The number of hydrogen-bond donors (Lipinski definition) is 0. The topological polar surface area (TPSA) is 61.4 Å². The zero-order chi connectivity index (χ0) is 26.0. The lowest BCUT2D eigenvalue weighted by atomic mass is 10.1. The molecule has 0 spiro atoms. The summed E-state index contributed by atoms with van der Waals surface area (Å²) in [6.07, 6.45) is 0. The molecule has 0 fully saturated rings.